The van der Waals surface area contributed by atoms with Crippen LogP contribution in [0.15, 0.2) is 34.9 Å². The van der Waals surface area contributed by atoms with Crippen LogP contribution in [0.3, 0.4) is 0 Å². The van der Waals surface area contributed by atoms with E-state index >= 15 is 0 Å². The number of hydrazine groups is 1. The maximum atomic E-state index is 5.27. The molecule has 0 spiro atoms. The molecule has 0 aliphatic rings. The molecule has 0 saturated carbocycles. The van der Waals surface area contributed by atoms with Crippen molar-refractivity contribution in [2.45, 2.75) is 0 Å². The molecule has 0 amide bonds. The topological polar surface area (TPSA) is 85.1 Å². The van der Waals surface area contributed by atoms with E-state index in [4.69, 9.17) is 10.6 Å². The van der Waals surface area contributed by atoms with E-state index in [-0.39, 0.29) is 0 Å². The number of hydrogen-bond acceptors (Lipinski definition) is 6. The molecule has 1 heterocycles. The second-order valence-electron chi connectivity index (χ2n) is 3.39. The Balaban J connectivity index is 2.21. The van der Waals surface area contributed by atoms with Crippen LogP contribution >= 0.6 is 15.9 Å². The van der Waals surface area contributed by atoms with Gasteiger partial charge in [-0.3, -0.25) is 5.43 Å². The van der Waals surface area contributed by atoms with Crippen molar-refractivity contribution in [3.05, 3.63) is 34.9 Å². The van der Waals surface area contributed by atoms with Crippen molar-refractivity contribution >= 4 is 33.4 Å². The van der Waals surface area contributed by atoms with Crippen molar-refractivity contribution in [2.24, 2.45) is 5.84 Å². The fourth-order valence-electron chi connectivity index (χ4n) is 1.34. The predicted octanol–water partition coefficient (Wildman–Crippen LogP) is 2.28. The first-order valence-corrected chi connectivity index (χ1v) is 5.92. The number of anilines is 3. The number of nitrogen functional groups attached to an aromatic ring is 1. The van der Waals surface area contributed by atoms with Gasteiger partial charge in [-0.2, -0.15) is 4.98 Å². The molecular formula is C11H12BrN5O. The molecule has 2 rings (SSSR count). The molecule has 18 heavy (non-hydrogen) atoms. The fraction of sp³-hybridized carbons (Fsp3) is 0.0909. The molecule has 7 heteroatoms. The van der Waals surface area contributed by atoms with E-state index in [9.17, 15) is 0 Å². The molecule has 0 unspecified atom stereocenters. The smallest absolute Gasteiger partial charge is 0.239 e. The van der Waals surface area contributed by atoms with Crippen LogP contribution in [0.25, 0.3) is 0 Å². The zero-order valence-corrected chi connectivity index (χ0v) is 11.2. The number of benzene rings is 1. The number of hydrogen-bond donors (Lipinski definition) is 3. The maximum absolute atomic E-state index is 5.27. The highest BCUT2D eigenvalue weighted by Gasteiger charge is 2.04. The number of halogens is 1. The number of nitrogens with zero attached hydrogens (tertiary/aromatic N) is 2. The highest BCUT2D eigenvalue weighted by atomic mass is 79.9. The largest absolute Gasteiger partial charge is 0.497 e. The van der Waals surface area contributed by atoms with Gasteiger partial charge in [0.2, 0.25) is 5.95 Å². The molecule has 0 bridgehead atoms. The second-order valence-corrected chi connectivity index (χ2v) is 4.24. The monoisotopic (exact) mass is 309 g/mol. The first-order chi connectivity index (χ1) is 8.72. The van der Waals surface area contributed by atoms with Crippen molar-refractivity contribution in [3.63, 3.8) is 0 Å². The van der Waals surface area contributed by atoms with Crippen molar-refractivity contribution in [2.75, 3.05) is 17.9 Å². The SMILES string of the molecule is COc1ccc(Nc2nc(NN)ncc2Br)cc1. The van der Waals surface area contributed by atoms with Gasteiger partial charge in [-0.05, 0) is 40.2 Å². The lowest BCUT2D eigenvalue weighted by Crippen LogP contribution is -2.11. The number of ether oxygens (including phenoxy) is 1. The molecule has 1 aromatic carbocycles. The Hall–Kier alpha value is -1.86. The third-order valence-electron chi connectivity index (χ3n) is 2.23. The summed E-state index contributed by atoms with van der Waals surface area (Å²) >= 11 is 3.36. The normalized spacial score (nSPS) is 9.94. The minimum Gasteiger partial charge on any atom is -0.497 e. The van der Waals surface area contributed by atoms with Crippen LogP contribution in [0.4, 0.5) is 17.5 Å². The molecule has 0 aliphatic carbocycles. The first kappa shape index (κ1) is 12.6. The second kappa shape index (κ2) is 5.65. The summed E-state index contributed by atoms with van der Waals surface area (Å²) in [4.78, 5) is 8.16. The van der Waals surface area contributed by atoms with E-state index in [2.05, 4.69) is 36.6 Å². The van der Waals surface area contributed by atoms with Crippen molar-refractivity contribution in [1.29, 1.82) is 0 Å². The lowest BCUT2D eigenvalue weighted by atomic mass is 10.3. The van der Waals surface area contributed by atoms with Crippen LogP contribution in [-0.2, 0) is 0 Å². The van der Waals surface area contributed by atoms with Gasteiger partial charge in [0.15, 0.2) is 0 Å². The van der Waals surface area contributed by atoms with E-state index in [0.717, 1.165) is 15.9 Å². The fourth-order valence-corrected chi connectivity index (χ4v) is 1.63. The third-order valence-corrected chi connectivity index (χ3v) is 2.81. The van der Waals surface area contributed by atoms with E-state index < -0.39 is 0 Å². The van der Waals surface area contributed by atoms with Crippen LogP contribution in [0, 0.1) is 0 Å². The van der Waals surface area contributed by atoms with E-state index in [1.807, 2.05) is 24.3 Å². The molecule has 0 radical (unpaired) electrons. The summed E-state index contributed by atoms with van der Waals surface area (Å²) in [5, 5.41) is 3.15. The molecule has 4 N–H and O–H groups in total. The Kier molecular flexibility index (Phi) is 3.96. The van der Waals surface area contributed by atoms with E-state index in [0.29, 0.717) is 11.8 Å². The summed E-state index contributed by atoms with van der Waals surface area (Å²) in [6.45, 7) is 0. The van der Waals surface area contributed by atoms with Crippen LogP contribution in [0.5, 0.6) is 5.75 Å². The van der Waals surface area contributed by atoms with Crippen LogP contribution in [0.1, 0.15) is 0 Å². The van der Waals surface area contributed by atoms with Gasteiger partial charge in [0.05, 0.1) is 11.6 Å². The molecule has 0 fully saturated rings. The molecule has 0 aliphatic heterocycles. The number of rotatable bonds is 4. The Bertz CT molecular complexity index is 531. The van der Waals surface area contributed by atoms with Gasteiger partial charge in [0, 0.05) is 11.9 Å². The Morgan fingerprint density at radius 2 is 2.00 bits per heavy atom. The summed E-state index contributed by atoms with van der Waals surface area (Å²) in [5.41, 5.74) is 3.28. The number of aromatic nitrogens is 2. The first-order valence-electron chi connectivity index (χ1n) is 5.13. The molecule has 1 aromatic heterocycles. The predicted molar refractivity (Wildman–Crippen MR) is 73.8 cm³/mol. The molecular weight excluding hydrogens is 298 g/mol. The molecule has 0 atom stereocenters. The average Bonchev–Trinajstić information content (AvgIpc) is 2.42. The lowest BCUT2D eigenvalue weighted by molar-refractivity contribution is 0.415. The Labute approximate surface area is 113 Å². The third kappa shape index (κ3) is 2.88. The molecule has 6 nitrogen and oxygen atoms in total. The summed E-state index contributed by atoms with van der Waals surface area (Å²) in [7, 11) is 1.63. The minimum absolute atomic E-state index is 0.342. The lowest BCUT2D eigenvalue weighted by Gasteiger charge is -2.09. The molecule has 94 valence electrons. The van der Waals surface area contributed by atoms with Gasteiger partial charge in [-0.1, -0.05) is 0 Å². The van der Waals surface area contributed by atoms with Crippen LogP contribution < -0.4 is 21.3 Å². The highest BCUT2D eigenvalue weighted by Crippen LogP contribution is 2.25. The van der Waals surface area contributed by atoms with Gasteiger partial charge in [0.1, 0.15) is 11.6 Å². The van der Waals surface area contributed by atoms with E-state index in [1.165, 1.54) is 0 Å². The average molecular weight is 310 g/mol. The zero-order valence-electron chi connectivity index (χ0n) is 9.64. The standard InChI is InChI=1S/C11H12BrN5O/c1-18-8-4-2-7(3-5-8)15-10-9(12)6-14-11(16-10)17-13/h2-6H,13H2,1H3,(H2,14,15,16,17). The highest BCUT2D eigenvalue weighted by molar-refractivity contribution is 9.10. The number of methoxy groups -OCH3 is 1. The minimum atomic E-state index is 0.342. The van der Waals surface area contributed by atoms with Crippen molar-refractivity contribution in [3.8, 4) is 5.75 Å². The number of nitrogens with one attached hydrogen (secondary N) is 2. The zero-order chi connectivity index (χ0) is 13.0. The van der Waals surface area contributed by atoms with Crippen LogP contribution in [-0.4, -0.2) is 17.1 Å². The van der Waals surface area contributed by atoms with Gasteiger partial charge >= 0.3 is 0 Å². The number of nitrogens with two attached hydrogens (primary N) is 1. The summed E-state index contributed by atoms with van der Waals surface area (Å²) < 4.78 is 5.84. The van der Waals surface area contributed by atoms with Crippen molar-refractivity contribution in [1.82, 2.24) is 9.97 Å². The molecule has 0 saturated heterocycles. The molecule has 2 aromatic rings. The van der Waals surface area contributed by atoms with Gasteiger partial charge < -0.3 is 10.1 Å². The van der Waals surface area contributed by atoms with Crippen molar-refractivity contribution < 1.29 is 4.74 Å². The van der Waals surface area contributed by atoms with Gasteiger partial charge in [0.25, 0.3) is 0 Å². The van der Waals surface area contributed by atoms with Crippen LogP contribution in [0.2, 0.25) is 0 Å². The van der Waals surface area contributed by atoms with Gasteiger partial charge in [-0.15, -0.1) is 0 Å². The quantitative estimate of drug-likeness (QED) is 0.593. The summed E-state index contributed by atoms with van der Waals surface area (Å²) in [6, 6.07) is 7.50. The van der Waals surface area contributed by atoms with Gasteiger partial charge in [-0.25, -0.2) is 10.8 Å². The summed E-state index contributed by atoms with van der Waals surface area (Å²) in [5.74, 6) is 7.03. The summed E-state index contributed by atoms with van der Waals surface area (Å²) in [6.07, 6.45) is 1.62. The Morgan fingerprint density at radius 3 is 2.61 bits per heavy atom. The Morgan fingerprint density at radius 1 is 1.28 bits per heavy atom. The van der Waals surface area contributed by atoms with E-state index in [1.54, 1.807) is 13.3 Å². The maximum Gasteiger partial charge on any atom is 0.239 e.